The maximum Gasteiger partial charge on any atom is 0.263 e. The van der Waals surface area contributed by atoms with Crippen LogP contribution in [0, 0.1) is 23.2 Å². The summed E-state index contributed by atoms with van der Waals surface area (Å²) in [4.78, 5) is 31.6. The van der Waals surface area contributed by atoms with Crippen molar-refractivity contribution in [3.63, 3.8) is 0 Å². The number of aromatic hydroxyl groups is 1. The van der Waals surface area contributed by atoms with Crippen LogP contribution in [0.15, 0.2) is 41.3 Å². The molecule has 2 aliphatic heterocycles. The van der Waals surface area contributed by atoms with E-state index in [0.29, 0.717) is 29.2 Å². The van der Waals surface area contributed by atoms with Crippen LogP contribution in [-0.4, -0.2) is 57.1 Å². The number of piperidine rings is 1. The Morgan fingerprint density at radius 1 is 1.17 bits per heavy atom. The molecule has 1 N–H and O–H groups in total. The summed E-state index contributed by atoms with van der Waals surface area (Å²) in [7, 11) is 1.72. The Kier molecular flexibility index (Phi) is 4.20. The molecular weight excluding hydrogens is 450 g/mol. The monoisotopic (exact) mass is 485 g/mol. The first kappa shape index (κ1) is 21.5. The highest BCUT2D eigenvalue weighted by Crippen LogP contribution is 2.75. The van der Waals surface area contributed by atoms with Crippen LogP contribution in [-0.2, 0) is 18.9 Å². The Hall–Kier alpha value is -2.60. The van der Waals surface area contributed by atoms with Gasteiger partial charge in [0.2, 0.25) is 0 Å². The number of phenolic OH excluding ortho intramolecular Hbond substituents is 1. The van der Waals surface area contributed by atoms with Crippen LogP contribution >= 0.6 is 0 Å². The molecular formula is C30H35N3O3. The van der Waals surface area contributed by atoms with Gasteiger partial charge in [-0.2, -0.15) is 0 Å². The van der Waals surface area contributed by atoms with E-state index in [0.717, 1.165) is 44.7 Å². The fraction of sp³-hybridized carbons (Fsp3) is 0.600. The molecule has 3 saturated carbocycles. The summed E-state index contributed by atoms with van der Waals surface area (Å²) in [6.07, 6.45) is 10.0. The number of rotatable bonds is 3. The number of benzene rings is 1. The van der Waals surface area contributed by atoms with Crippen LogP contribution in [0.3, 0.4) is 0 Å². The molecule has 6 nitrogen and oxygen atoms in total. The number of pyridine rings is 1. The Bertz CT molecular complexity index is 1350. The van der Waals surface area contributed by atoms with Gasteiger partial charge in [0.15, 0.2) is 0 Å². The molecule has 0 radical (unpaired) electrons. The minimum absolute atomic E-state index is 0.0221. The van der Waals surface area contributed by atoms with Crippen molar-refractivity contribution >= 4 is 5.91 Å². The smallest absolute Gasteiger partial charge is 0.263 e. The molecule has 4 bridgehead atoms. The summed E-state index contributed by atoms with van der Waals surface area (Å²) in [5, 5.41) is 10.6. The summed E-state index contributed by atoms with van der Waals surface area (Å²) >= 11 is 0. The molecule has 5 fully saturated rings. The topological polar surface area (TPSA) is 65.8 Å². The van der Waals surface area contributed by atoms with Crippen molar-refractivity contribution in [2.24, 2.45) is 30.2 Å². The SMILES string of the molecule is Cn1cccc(C(=O)N2C[C@H]3C[C@@]45CC[C@@H]2[C@@H]3[C@@]42CCN(CC3CC3)[C@@H]5Cc3ccc(O)cc32)c1=O. The van der Waals surface area contributed by atoms with Gasteiger partial charge in [-0.05, 0) is 110 Å². The number of carbonyl (C=O) groups is 1. The van der Waals surface area contributed by atoms with E-state index < -0.39 is 0 Å². The van der Waals surface area contributed by atoms with Gasteiger partial charge in [-0.15, -0.1) is 0 Å². The van der Waals surface area contributed by atoms with Crippen LogP contribution in [0.1, 0.15) is 60.0 Å². The van der Waals surface area contributed by atoms with E-state index in [-0.39, 0.29) is 28.3 Å². The Morgan fingerprint density at radius 3 is 2.86 bits per heavy atom. The second-order valence-corrected chi connectivity index (χ2v) is 12.8. The molecule has 2 aromatic rings. The lowest BCUT2D eigenvalue weighted by atomic mass is 9.43. The number of phenols is 1. The van der Waals surface area contributed by atoms with E-state index in [4.69, 9.17) is 0 Å². The first-order chi connectivity index (χ1) is 17.4. The highest BCUT2D eigenvalue weighted by atomic mass is 16.3. The van der Waals surface area contributed by atoms with Gasteiger partial charge in [-0.25, -0.2) is 0 Å². The molecule has 0 spiro atoms. The zero-order valence-electron chi connectivity index (χ0n) is 21.0. The Morgan fingerprint density at radius 2 is 2.03 bits per heavy atom. The van der Waals surface area contributed by atoms with Crippen LogP contribution in [0.2, 0.25) is 0 Å². The van der Waals surface area contributed by atoms with Crippen LogP contribution in [0.5, 0.6) is 5.75 Å². The van der Waals surface area contributed by atoms with Gasteiger partial charge in [-0.1, -0.05) is 6.07 Å². The van der Waals surface area contributed by atoms with Crippen molar-refractivity contribution < 1.29 is 9.90 Å². The summed E-state index contributed by atoms with van der Waals surface area (Å²) in [5.74, 6) is 2.04. The van der Waals surface area contributed by atoms with Gasteiger partial charge in [0.25, 0.3) is 11.5 Å². The van der Waals surface area contributed by atoms with Crippen LogP contribution < -0.4 is 5.56 Å². The first-order valence-electron chi connectivity index (χ1n) is 14.0. The predicted octanol–water partition coefficient (Wildman–Crippen LogP) is 3.31. The lowest BCUT2D eigenvalue weighted by Gasteiger charge is -2.66. The molecule has 2 saturated heterocycles. The molecule has 0 unspecified atom stereocenters. The Balaban J connectivity index is 1.25. The van der Waals surface area contributed by atoms with Crippen molar-refractivity contribution in [2.75, 3.05) is 19.6 Å². The van der Waals surface area contributed by atoms with Crippen LogP contribution in [0.25, 0.3) is 0 Å². The zero-order valence-corrected chi connectivity index (χ0v) is 21.0. The third-order valence-corrected chi connectivity index (χ3v) is 11.4. The number of aryl methyl sites for hydroxylation is 1. The normalized spacial score (nSPS) is 38.1. The highest BCUT2D eigenvalue weighted by Gasteiger charge is 2.76. The van der Waals surface area contributed by atoms with Crippen molar-refractivity contribution in [1.29, 1.82) is 0 Å². The standard InChI is InChI=1S/C30H35N3O3/c1-31-11-2-3-22(27(31)35)28(36)33-17-20-15-29-9-8-24(33)26(20)30(29)10-12-32(16-18-4-5-18)25(29)13-19-6-7-21(34)14-23(19)30/h2-3,6-7,11,14,18,20,24-26,34H,4-5,8-10,12-13,15-17H2,1H3/t20-,24-,25-,26-,29-,30+/m1/s1. The van der Waals surface area contributed by atoms with E-state index >= 15 is 0 Å². The fourth-order valence-corrected chi connectivity index (χ4v) is 10.1. The molecule has 188 valence electrons. The van der Waals surface area contributed by atoms with Crippen molar-refractivity contribution in [3.05, 3.63) is 63.6 Å². The number of nitrogens with zero attached hydrogens (tertiary/aromatic N) is 3. The van der Waals surface area contributed by atoms with Gasteiger partial charge in [0, 0.05) is 43.8 Å². The van der Waals surface area contributed by atoms with Gasteiger partial charge >= 0.3 is 0 Å². The summed E-state index contributed by atoms with van der Waals surface area (Å²) in [6, 6.07) is 10.4. The summed E-state index contributed by atoms with van der Waals surface area (Å²) < 4.78 is 1.51. The van der Waals surface area contributed by atoms with Crippen molar-refractivity contribution in [1.82, 2.24) is 14.4 Å². The minimum Gasteiger partial charge on any atom is -0.508 e. The first-order valence-corrected chi connectivity index (χ1v) is 14.0. The quantitative estimate of drug-likeness (QED) is 0.725. The number of carbonyl (C=O) groups excluding carboxylic acids is 1. The van der Waals surface area contributed by atoms with Gasteiger partial charge in [-0.3, -0.25) is 14.5 Å². The summed E-state index contributed by atoms with van der Waals surface area (Å²) in [5.41, 5.74) is 3.15. The van der Waals surface area contributed by atoms with E-state index in [1.54, 1.807) is 25.4 Å². The number of aromatic nitrogens is 1. The second kappa shape index (κ2) is 7.03. The molecule has 1 amide bonds. The molecule has 6 atom stereocenters. The summed E-state index contributed by atoms with van der Waals surface area (Å²) in [6.45, 7) is 3.14. The molecule has 6 heteroatoms. The van der Waals surface area contributed by atoms with Gasteiger partial charge in [0.05, 0.1) is 0 Å². The number of amides is 1. The van der Waals surface area contributed by atoms with Gasteiger partial charge < -0.3 is 14.6 Å². The molecule has 8 rings (SSSR count). The molecule has 36 heavy (non-hydrogen) atoms. The number of fused-ring (bicyclic) bond motifs is 1. The number of likely N-dealkylation sites (tertiary alicyclic amines) is 2. The largest absolute Gasteiger partial charge is 0.508 e. The van der Waals surface area contributed by atoms with Crippen molar-refractivity contribution in [2.45, 2.75) is 62.4 Å². The van der Waals surface area contributed by atoms with E-state index in [9.17, 15) is 14.7 Å². The lowest BCUT2D eigenvalue weighted by Crippen LogP contribution is -2.70. The highest BCUT2D eigenvalue weighted by molar-refractivity contribution is 5.94. The number of hydrogen-bond acceptors (Lipinski definition) is 4. The van der Waals surface area contributed by atoms with Crippen molar-refractivity contribution in [3.8, 4) is 5.75 Å². The van der Waals surface area contributed by atoms with Gasteiger partial charge in [0.1, 0.15) is 11.3 Å². The second-order valence-electron chi connectivity index (χ2n) is 12.8. The average molecular weight is 486 g/mol. The minimum atomic E-state index is -0.204. The van der Waals surface area contributed by atoms with E-state index in [2.05, 4.69) is 21.9 Å². The van der Waals surface area contributed by atoms with E-state index in [1.807, 2.05) is 6.07 Å². The molecule has 3 heterocycles. The molecule has 1 aromatic carbocycles. The molecule has 1 aromatic heterocycles. The molecule has 4 aliphatic carbocycles. The zero-order chi connectivity index (χ0) is 24.4. The van der Waals surface area contributed by atoms with E-state index in [1.165, 1.54) is 41.5 Å². The lowest BCUT2D eigenvalue weighted by molar-refractivity contribution is -0.102. The fourth-order valence-electron chi connectivity index (χ4n) is 10.1. The Labute approximate surface area is 211 Å². The predicted molar refractivity (Wildman–Crippen MR) is 136 cm³/mol. The maximum absolute atomic E-state index is 13.8. The third-order valence-electron chi connectivity index (χ3n) is 11.4. The number of hydrogen-bond donors (Lipinski definition) is 1. The average Bonchev–Trinajstić information content (AvgIpc) is 3.56. The molecule has 6 aliphatic rings. The maximum atomic E-state index is 13.8. The van der Waals surface area contributed by atoms with Crippen LogP contribution in [0.4, 0.5) is 0 Å². The third kappa shape index (κ3) is 2.52.